The van der Waals surface area contributed by atoms with E-state index in [2.05, 4.69) is 64.2 Å². The highest BCUT2D eigenvalue weighted by atomic mass is 31.2. The number of unbranched alkanes of at least 4 members (excludes halogenated alkanes) is 50. The number of carbonyl (C=O) groups excluding carboxylic acids is 4. The number of hydrogen-bond donors (Lipinski definition) is 3. The van der Waals surface area contributed by atoms with Crippen LogP contribution in [-0.4, -0.2) is 96.7 Å². The van der Waals surface area contributed by atoms with Gasteiger partial charge in [0.05, 0.1) is 26.4 Å². The Kier molecular flexibility index (Phi) is 77.8. The van der Waals surface area contributed by atoms with Gasteiger partial charge in [0.2, 0.25) is 0 Å². The Balaban J connectivity index is 5.35. The van der Waals surface area contributed by atoms with Crippen molar-refractivity contribution in [3.63, 3.8) is 0 Å². The van der Waals surface area contributed by atoms with Gasteiger partial charge in [-0.2, -0.15) is 0 Å². The molecule has 0 aliphatic rings. The zero-order valence-corrected chi connectivity index (χ0v) is 70.2. The molecule has 622 valence electrons. The second kappa shape index (κ2) is 80.1. The van der Waals surface area contributed by atoms with Gasteiger partial charge in [0.25, 0.3) is 0 Å². The van der Waals surface area contributed by atoms with Crippen LogP contribution in [0.5, 0.6) is 0 Å². The lowest BCUT2D eigenvalue weighted by Crippen LogP contribution is -2.30. The Morgan fingerprint density at radius 2 is 0.472 bits per heavy atom. The lowest BCUT2D eigenvalue weighted by Gasteiger charge is -2.21. The Morgan fingerprint density at radius 1 is 0.264 bits per heavy atom. The van der Waals surface area contributed by atoms with Crippen molar-refractivity contribution in [2.45, 2.75) is 444 Å². The normalized spacial score (nSPS) is 14.0. The van der Waals surface area contributed by atoms with E-state index in [1.54, 1.807) is 0 Å². The van der Waals surface area contributed by atoms with Gasteiger partial charge in [-0.15, -0.1) is 0 Å². The maximum Gasteiger partial charge on any atom is 0.472 e. The van der Waals surface area contributed by atoms with Crippen molar-refractivity contribution in [2.75, 3.05) is 39.6 Å². The minimum absolute atomic E-state index is 0.0918. The fourth-order valence-corrected chi connectivity index (χ4v) is 14.2. The lowest BCUT2D eigenvalue weighted by molar-refractivity contribution is -0.161. The molecule has 106 heavy (non-hydrogen) atoms. The van der Waals surface area contributed by atoms with Gasteiger partial charge in [-0.3, -0.25) is 37.3 Å². The number of rotatable bonds is 84. The number of allylic oxidation sites excluding steroid dienone is 8. The average Bonchev–Trinajstić information content (AvgIpc) is 0.905. The molecule has 0 heterocycles. The summed E-state index contributed by atoms with van der Waals surface area (Å²) in [4.78, 5) is 73.2. The molecule has 17 nitrogen and oxygen atoms in total. The lowest BCUT2D eigenvalue weighted by atomic mass is 10.0. The summed E-state index contributed by atoms with van der Waals surface area (Å²) in [5.74, 6) is -2.18. The molecule has 0 amide bonds. The molecule has 0 aromatic heterocycles. The molecule has 0 rings (SSSR count). The molecule has 0 saturated heterocycles. The number of phosphoric acid groups is 2. The van der Waals surface area contributed by atoms with E-state index < -0.39 is 97.5 Å². The van der Waals surface area contributed by atoms with Crippen molar-refractivity contribution in [3.8, 4) is 0 Å². The van der Waals surface area contributed by atoms with Gasteiger partial charge in [-0.05, 0) is 64.2 Å². The third kappa shape index (κ3) is 79.1. The largest absolute Gasteiger partial charge is 0.472 e. The number of hydrogen-bond acceptors (Lipinski definition) is 15. The second-order valence-electron chi connectivity index (χ2n) is 29.9. The maximum atomic E-state index is 13.1. The number of ether oxygens (including phenoxy) is 4. The molecular formula is C87H162O17P2. The first kappa shape index (κ1) is 103. The smallest absolute Gasteiger partial charge is 0.462 e. The van der Waals surface area contributed by atoms with E-state index in [0.717, 1.165) is 96.3 Å². The molecule has 2 unspecified atom stereocenters. The van der Waals surface area contributed by atoms with E-state index in [1.807, 2.05) is 12.2 Å². The molecular weight excluding hydrogens is 1380 g/mol. The van der Waals surface area contributed by atoms with Crippen LogP contribution in [-0.2, 0) is 65.4 Å². The summed E-state index contributed by atoms with van der Waals surface area (Å²) in [6, 6.07) is 0. The predicted octanol–water partition coefficient (Wildman–Crippen LogP) is 26.0. The van der Waals surface area contributed by atoms with Crippen molar-refractivity contribution in [3.05, 3.63) is 48.6 Å². The number of aliphatic hydroxyl groups excluding tert-OH is 1. The van der Waals surface area contributed by atoms with Crippen LogP contribution in [0.15, 0.2) is 48.6 Å². The minimum Gasteiger partial charge on any atom is -0.462 e. The summed E-state index contributed by atoms with van der Waals surface area (Å²) in [5, 5.41) is 10.7. The third-order valence-electron chi connectivity index (χ3n) is 19.3. The Bertz CT molecular complexity index is 2190. The van der Waals surface area contributed by atoms with Crippen LogP contribution < -0.4 is 0 Å². The molecule has 0 bridgehead atoms. The first-order valence-corrected chi connectivity index (χ1v) is 46.9. The summed E-state index contributed by atoms with van der Waals surface area (Å²) >= 11 is 0. The van der Waals surface area contributed by atoms with E-state index in [0.29, 0.717) is 32.1 Å². The van der Waals surface area contributed by atoms with Crippen LogP contribution in [0.1, 0.15) is 426 Å². The van der Waals surface area contributed by atoms with E-state index >= 15 is 0 Å². The average molecular weight is 1540 g/mol. The summed E-state index contributed by atoms with van der Waals surface area (Å²) in [5.41, 5.74) is 0. The zero-order chi connectivity index (χ0) is 77.4. The number of esters is 4. The predicted molar refractivity (Wildman–Crippen MR) is 437 cm³/mol. The van der Waals surface area contributed by atoms with Gasteiger partial charge in [0, 0.05) is 25.7 Å². The molecule has 19 heteroatoms. The van der Waals surface area contributed by atoms with Crippen molar-refractivity contribution < 1.29 is 80.2 Å². The fourth-order valence-electron chi connectivity index (χ4n) is 12.6. The SMILES string of the molecule is CCCCC/C=C\C/C=C\C/C=C\C/C=C\CCCC(=O)OC[C@H](COP(=O)(O)OC[C@H](O)COP(=O)(O)OC[C@@H](COC(=O)CCCCCCCCCCCCCCCCC)OC(=O)CCCCCCCCCCCCCCCCCCC)OC(=O)CCCCCCCCCCCCCCCCCCC. The van der Waals surface area contributed by atoms with Crippen LogP contribution in [0.2, 0.25) is 0 Å². The molecule has 0 fully saturated rings. The molecule has 0 radical (unpaired) electrons. The number of aliphatic hydroxyl groups is 1. The highest BCUT2D eigenvalue weighted by Crippen LogP contribution is 2.45. The highest BCUT2D eigenvalue weighted by molar-refractivity contribution is 7.47. The van der Waals surface area contributed by atoms with Crippen LogP contribution in [0.4, 0.5) is 0 Å². The quantitative estimate of drug-likeness (QED) is 0.0169. The van der Waals surface area contributed by atoms with Crippen LogP contribution in [0, 0.1) is 0 Å². The Labute approximate surface area is 648 Å². The monoisotopic (exact) mass is 1540 g/mol. The molecule has 0 aromatic carbocycles. The Morgan fingerprint density at radius 3 is 0.745 bits per heavy atom. The third-order valence-corrected chi connectivity index (χ3v) is 21.2. The van der Waals surface area contributed by atoms with Crippen LogP contribution in [0.3, 0.4) is 0 Å². The highest BCUT2D eigenvalue weighted by Gasteiger charge is 2.30. The summed E-state index contributed by atoms with van der Waals surface area (Å²) in [6.07, 6.45) is 80.7. The van der Waals surface area contributed by atoms with Gasteiger partial charge in [0.15, 0.2) is 12.2 Å². The van der Waals surface area contributed by atoms with E-state index in [1.165, 1.54) is 244 Å². The Hall–Kier alpha value is -2.98. The minimum atomic E-state index is -4.98. The molecule has 0 spiro atoms. The molecule has 0 saturated carbocycles. The molecule has 0 aromatic rings. The standard InChI is InChI=1S/C87H162O17P2/c1-5-9-13-17-21-25-29-33-37-40-44-48-52-56-60-64-68-72-85(90)98-78-83(104-87(92)74-70-66-62-58-54-50-46-42-39-35-31-27-23-19-15-11-7-3)80-102-106(95,96)100-76-81(88)75-99-105(93,94)101-79-82(77-97-84(89)71-67-63-59-55-51-47-43-36-32-28-24-20-16-12-8-4)103-86(91)73-69-65-61-57-53-49-45-41-38-34-30-26-22-18-14-10-6-2/h21,25,33,37,44,48,56,60,81-83,88H,5-20,22-24,26-32,34-36,38-43,45-47,49-55,57-59,61-80H2,1-4H3,(H,93,94)(H,95,96)/b25-21-,37-33-,48-44-,60-56-/t81-,82-,83-/m1/s1. The summed E-state index contributed by atoms with van der Waals surface area (Å²) < 4.78 is 68.8. The van der Waals surface area contributed by atoms with Crippen molar-refractivity contribution in [1.29, 1.82) is 0 Å². The first-order chi connectivity index (χ1) is 51.7. The van der Waals surface area contributed by atoms with Crippen LogP contribution in [0.25, 0.3) is 0 Å². The maximum absolute atomic E-state index is 13.1. The van der Waals surface area contributed by atoms with Gasteiger partial charge >= 0.3 is 39.5 Å². The van der Waals surface area contributed by atoms with Gasteiger partial charge < -0.3 is 33.8 Å². The second-order valence-corrected chi connectivity index (χ2v) is 32.8. The van der Waals surface area contributed by atoms with Crippen molar-refractivity contribution >= 4 is 39.5 Å². The zero-order valence-electron chi connectivity index (χ0n) is 68.4. The number of phosphoric ester groups is 2. The summed E-state index contributed by atoms with van der Waals surface area (Å²) in [6.45, 7) is 4.93. The summed E-state index contributed by atoms with van der Waals surface area (Å²) in [7, 11) is -9.96. The van der Waals surface area contributed by atoms with Crippen LogP contribution >= 0.6 is 15.6 Å². The van der Waals surface area contributed by atoms with Gasteiger partial charge in [0.1, 0.15) is 19.3 Å². The van der Waals surface area contributed by atoms with Crippen molar-refractivity contribution in [1.82, 2.24) is 0 Å². The number of carbonyl (C=O) groups is 4. The first-order valence-electron chi connectivity index (χ1n) is 43.9. The van der Waals surface area contributed by atoms with Crippen molar-refractivity contribution in [2.24, 2.45) is 0 Å². The van der Waals surface area contributed by atoms with E-state index in [4.69, 9.17) is 37.0 Å². The molecule has 0 aliphatic heterocycles. The van der Waals surface area contributed by atoms with E-state index in [9.17, 15) is 43.2 Å². The topological polar surface area (TPSA) is 237 Å². The van der Waals surface area contributed by atoms with Gasteiger partial charge in [-0.1, -0.05) is 385 Å². The fraction of sp³-hybridized carbons (Fsp3) is 0.862. The van der Waals surface area contributed by atoms with E-state index in [-0.39, 0.29) is 25.7 Å². The van der Waals surface area contributed by atoms with Gasteiger partial charge in [-0.25, -0.2) is 9.13 Å². The molecule has 0 aliphatic carbocycles. The molecule has 3 N–H and O–H groups in total. The molecule has 5 atom stereocenters.